The number of nitrogens with zero attached hydrogens (tertiary/aromatic N) is 1. The number of hydrogen-bond acceptors (Lipinski definition) is 3. The van der Waals surface area contributed by atoms with Crippen molar-refractivity contribution < 1.29 is 14.3 Å². The summed E-state index contributed by atoms with van der Waals surface area (Å²) in [6.07, 6.45) is 1.20. The van der Waals surface area contributed by atoms with Crippen LogP contribution in [0.4, 0.5) is 5.69 Å². The third kappa shape index (κ3) is 3.74. The van der Waals surface area contributed by atoms with Gasteiger partial charge in [0.15, 0.2) is 0 Å². The lowest BCUT2D eigenvalue weighted by Crippen LogP contribution is -2.23. The Morgan fingerprint density at radius 3 is 1.72 bits per heavy atom. The molecule has 3 aromatic rings. The normalized spacial score (nSPS) is 13.5. The van der Waals surface area contributed by atoms with Crippen molar-refractivity contribution in [2.45, 2.75) is 12.8 Å². The molecule has 1 saturated heterocycles. The van der Waals surface area contributed by atoms with Crippen LogP contribution in [-0.4, -0.2) is 20.1 Å². The second-order valence-electron chi connectivity index (χ2n) is 6.84. The predicted molar refractivity (Wildman–Crippen MR) is 115 cm³/mol. The van der Waals surface area contributed by atoms with Crippen LogP contribution in [0.15, 0.2) is 84.6 Å². The molecular weight excluding hydrogens is 362 g/mol. The second kappa shape index (κ2) is 8.23. The number of ether oxygens (including phenoxy) is 2. The number of para-hydroxylation sites is 1. The minimum atomic E-state index is 0.116. The monoisotopic (exact) mass is 385 g/mol. The van der Waals surface area contributed by atoms with Gasteiger partial charge in [-0.25, -0.2) is 0 Å². The fourth-order valence-electron chi connectivity index (χ4n) is 3.73. The van der Waals surface area contributed by atoms with Crippen molar-refractivity contribution in [1.29, 1.82) is 0 Å². The lowest BCUT2D eigenvalue weighted by Gasteiger charge is -2.23. The van der Waals surface area contributed by atoms with E-state index in [2.05, 4.69) is 0 Å². The summed E-state index contributed by atoms with van der Waals surface area (Å²) in [5.74, 6) is 1.72. The maximum absolute atomic E-state index is 12.8. The minimum Gasteiger partial charge on any atom is -0.497 e. The molecule has 0 bridgehead atoms. The molecule has 1 amide bonds. The summed E-state index contributed by atoms with van der Waals surface area (Å²) in [5.41, 5.74) is 5.04. The highest BCUT2D eigenvalue weighted by molar-refractivity contribution is 6.03. The Morgan fingerprint density at radius 1 is 0.724 bits per heavy atom. The van der Waals surface area contributed by atoms with Gasteiger partial charge in [-0.1, -0.05) is 42.5 Å². The van der Waals surface area contributed by atoms with Gasteiger partial charge in [0, 0.05) is 23.4 Å². The van der Waals surface area contributed by atoms with E-state index in [9.17, 15) is 4.79 Å². The first kappa shape index (κ1) is 18.8. The molecule has 0 unspecified atom stereocenters. The first-order valence-corrected chi connectivity index (χ1v) is 9.61. The highest BCUT2D eigenvalue weighted by Crippen LogP contribution is 2.38. The predicted octanol–water partition coefficient (Wildman–Crippen LogP) is 5.29. The van der Waals surface area contributed by atoms with Crippen molar-refractivity contribution in [3.05, 3.63) is 95.7 Å². The summed E-state index contributed by atoms with van der Waals surface area (Å²) >= 11 is 0. The molecule has 0 aliphatic carbocycles. The van der Waals surface area contributed by atoms with Crippen LogP contribution >= 0.6 is 0 Å². The van der Waals surface area contributed by atoms with Gasteiger partial charge in [-0.05, 0) is 53.9 Å². The van der Waals surface area contributed by atoms with Gasteiger partial charge in [-0.3, -0.25) is 9.69 Å². The summed E-state index contributed by atoms with van der Waals surface area (Å²) in [5, 5.41) is 0. The zero-order valence-corrected chi connectivity index (χ0v) is 16.6. The molecule has 4 nitrogen and oxygen atoms in total. The van der Waals surface area contributed by atoms with Gasteiger partial charge < -0.3 is 9.47 Å². The van der Waals surface area contributed by atoms with Gasteiger partial charge >= 0.3 is 0 Å². The first-order valence-electron chi connectivity index (χ1n) is 9.61. The van der Waals surface area contributed by atoms with Gasteiger partial charge in [0.2, 0.25) is 5.91 Å². The Kier molecular flexibility index (Phi) is 5.34. The molecule has 1 fully saturated rings. The van der Waals surface area contributed by atoms with Crippen LogP contribution in [0, 0.1) is 0 Å². The molecule has 0 radical (unpaired) electrons. The number of allylic oxidation sites excluding steroid dienone is 1. The highest BCUT2D eigenvalue weighted by Gasteiger charge is 2.30. The Labute approximate surface area is 171 Å². The van der Waals surface area contributed by atoms with Gasteiger partial charge in [0.1, 0.15) is 11.5 Å². The van der Waals surface area contributed by atoms with Crippen LogP contribution in [0.2, 0.25) is 0 Å². The van der Waals surface area contributed by atoms with Crippen LogP contribution in [0.1, 0.15) is 24.0 Å². The zero-order valence-electron chi connectivity index (χ0n) is 16.6. The van der Waals surface area contributed by atoms with Crippen molar-refractivity contribution >= 4 is 17.2 Å². The topological polar surface area (TPSA) is 38.8 Å². The number of benzene rings is 3. The van der Waals surface area contributed by atoms with Crippen molar-refractivity contribution in [3.63, 3.8) is 0 Å². The smallest absolute Gasteiger partial charge is 0.231 e. The molecule has 29 heavy (non-hydrogen) atoms. The van der Waals surface area contributed by atoms with Crippen LogP contribution in [-0.2, 0) is 4.79 Å². The fourth-order valence-corrected chi connectivity index (χ4v) is 3.73. The molecule has 1 heterocycles. The molecule has 4 rings (SSSR count). The van der Waals surface area contributed by atoms with Crippen molar-refractivity contribution in [2.75, 3.05) is 19.1 Å². The Morgan fingerprint density at radius 2 is 1.24 bits per heavy atom. The summed E-state index contributed by atoms with van der Waals surface area (Å²) in [6.45, 7) is 0. The third-order valence-electron chi connectivity index (χ3n) is 5.16. The minimum absolute atomic E-state index is 0.116. The highest BCUT2D eigenvalue weighted by atomic mass is 16.5. The molecule has 0 spiro atoms. The maximum Gasteiger partial charge on any atom is 0.231 e. The zero-order chi connectivity index (χ0) is 20.2. The SMILES string of the molecule is COc1ccc(C(=C2CCC(=O)N2c2ccccc2)c2ccc(OC)cc2)cc1. The largest absolute Gasteiger partial charge is 0.497 e. The summed E-state index contributed by atoms with van der Waals surface area (Å²) in [7, 11) is 3.31. The number of carbonyl (C=O) groups is 1. The number of anilines is 1. The third-order valence-corrected chi connectivity index (χ3v) is 5.16. The van der Waals surface area contributed by atoms with E-state index in [1.807, 2.05) is 83.8 Å². The summed E-state index contributed by atoms with van der Waals surface area (Å²) in [4.78, 5) is 14.7. The van der Waals surface area contributed by atoms with Crippen molar-refractivity contribution in [2.24, 2.45) is 0 Å². The number of hydrogen-bond donors (Lipinski definition) is 0. The van der Waals surface area contributed by atoms with E-state index in [4.69, 9.17) is 9.47 Å². The average molecular weight is 385 g/mol. The van der Waals surface area contributed by atoms with Gasteiger partial charge in [-0.2, -0.15) is 0 Å². The van der Waals surface area contributed by atoms with Gasteiger partial charge in [-0.15, -0.1) is 0 Å². The van der Waals surface area contributed by atoms with E-state index in [0.717, 1.165) is 39.6 Å². The molecule has 0 aromatic heterocycles. The molecule has 146 valence electrons. The average Bonchev–Trinajstić information content (AvgIpc) is 3.16. The standard InChI is InChI=1S/C25H23NO3/c1-28-21-12-8-18(9-13-21)25(19-10-14-22(29-2)15-11-19)23-16-17-24(27)26(23)20-6-4-3-5-7-20/h3-15H,16-17H2,1-2H3. The van der Waals surface area contributed by atoms with E-state index in [1.165, 1.54) is 0 Å². The number of carbonyl (C=O) groups excluding carboxylic acids is 1. The first-order chi connectivity index (χ1) is 14.2. The molecule has 0 saturated carbocycles. The van der Waals surface area contributed by atoms with Crippen molar-refractivity contribution in [1.82, 2.24) is 0 Å². The van der Waals surface area contributed by atoms with E-state index >= 15 is 0 Å². The second-order valence-corrected chi connectivity index (χ2v) is 6.84. The van der Waals surface area contributed by atoms with Crippen molar-refractivity contribution in [3.8, 4) is 11.5 Å². The van der Waals surface area contributed by atoms with Gasteiger partial charge in [0.05, 0.1) is 14.2 Å². The Balaban J connectivity index is 1.91. The molecule has 3 aromatic carbocycles. The molecule has 0 atom stereocenters. The molecule has 1 aliphatic rings. The van der Waals surface area contributed by atoms with Crippen LogP contribution in [0.5, 0.6) is 11.5 Å². The van der Waals surface area contributed by atoms with E-state index < -0.39 is 0 Å². The van der Waals surface area contributed by atoms with Crippen LogP contribution in [0.3, 0.4) is 0 Å². The lowest BCUT2D eigenvalue weighted by atomic mass is 9.94. The summed E-state index contributed by atoms with van der Waals surface area (Å²) in [6, 6.07) is 25.8. The fraction of sp³-hybridized carbons (Fsp3) is 0.160. The van der Waals surface area contributed by atoms with Crippen LogP contribution in [0.25, 0.3) is 5.57 Å². The molecular formula is C25H23NO3. The van der Waals surface area contributed by atoms with Gasteiger partial charge in [0.25, 0.3) is 0 Å². The lowest BCUT2D eigenvalue weighted by molar-refractivity contribution is -0.116. The number of amides is 1. The Bertz CT molecular complexity index is 972. The van der Waals surface area contributed by atoms with E-state index in [1.54, 1.807) is 14.2 Å². The maximum atomic E-state index is 12.8. The quantitative estimate of drug-likeness (QED) is 0.599. The summed E-state index contributed by atoms with van der Waals surface area (Å²) < 4.78 is 10.6. The van der Waals surface area contributed by atoms with Crippen LogP contribution < -0.4 is 14.4 Å². The number of rotatable bonds is 5. The molecule has 4 heteroatoms. The number of methoxy groups -OCH3 is 2. The Hall–Kier alpha value is -3.53. The van der Waals surface area contributed by atoms with E-state index in [0.29, 0.717) is 12.8 Å². The van der Waals surface area contributed by atoms with E-state index in [-0.39, 0.29) is 5.91 Å². The molecule has 0 N–H and O–H groups in total. The molecule has 1 aliphatic heterocycles.